The fraction of sp³-hybridized carbons (Fsp3) is 0.0625. The van der Waals surface area contributed by atoms with Crippen molar-refractivity contribution in [3.8, 4) is 5.75 Å². The van der Waals surface area contributed by atoms with E-state index < -0.39 is 0 Å². The Kier molecular flexibility index (Phi) is 4.23. The Morgan fingerprint density at radius 3 is 2.50 bits per heavy atom. The van der Waals surface area contributed by atoms with Crippen molar-refractivity contribution in [3.05, 3.63) is 77.7 Å². The van der Waals surface area contributed by atoms with E-state index in [1.807, 2.05) is 30.3 Å². The van der Waals surface area contributed by atoms with Gasteiger partial charge in [-0.25, -0.2) is 0 Å². The summed E-state index contributed by atoms with van der Waals surface area (Å²) in [6, 6.07) is 17.3. The Morgan fingerprint density at radius 2 is 1.72 bits per heavy atom. The molecule has 2 rings (SSSR count). The second-order valence-electron chi connectivity index (χ2n) is 3.88. The fourth-order valence-electron chi connectivity index (χ4n) is 1.56. The Labute approximate surface area is 107 Å². The van der Waals surface area contributed by atoms with Crippen LogP contribution in [0.1, 0.15) is 11.1 Å². The van der Waals surface area contributed by atoms with Crippen molar-refractivity contribution in [3.63, 3.8) is 0 Å². The van der Waals surface area contributed by atoms with Gasteiger partial charge in [-0.2, -0.15) is 0 Å². The van der Waals surface area contributed by atoms with E-state index in [4.69, 9.17) is 0 Å². The van der Waals surface area contributed by atoms with Gasteiger partial charge in [-0.1, -0.05) is 48.5 Å². The van der Waals surface area contributed by atoms with Crippen LogP contribution in [-0.2, 0) is 6.54 Å². The van der Waals surface area contributed by atoms with Gasteiger partial charge in [0.05, 0.1) is 0 Å². The molecule has 0 aliphatic heterocycles. The number of phenolic OH excluding ortho intramolecular Hbond substituents is 1. The maximum atomic E-state index is 9.54. The zero-order valence-corrected chi connectivity index (χ0v) is 10.0. The summed E-state index contributed by atoms with van der Waals surface area (Å²) in [5.74, 6) is 0.265. The summed E-state index contributed by atoms with van der Waals surface area (Å²) in [6.45, 7) is 0.766. The van der Waals surface area contributed by atoms with Crippen LogP contribution in [0, 0.1) is 0 Å². The lowest BCUT2D eigenvalue weighted by Gasteiger charge is -1.98. The van der Waals surface area contributed by atoms with Gasteiger partial charge in [-0.15, -0.1) is 5.73 Å². The number of hydrogen-bond acceptors (Lipinski definition) is 2. The lowest BCUT2D eigenvalue weighted by atomic mass is 10.2. The SMILES string of the molecule is Oc1ccccc1C=C=CNCc1ccccc1. The fourth-order valence-corrected chi connectivity index (χ4v) is 1.56. The number of para-hydroxylation sites is 1. The first-order valence-electron chi connectivity index (χ1n) is 5.82. The van der Waals surface area contributed by atoms with Crippen molar-refractivity contribution >= 4 is 6.08 Å². The lowest BCUT2D eigenvalue weighted by Crippen LogP contribution is -2.02. The summed E-state index contributed by atoms with van der Waals surface area (Å²) >= 11 is 0. The zero-order valence-electron chi connectivity index (χ0n) is 10.0. The predicted octanol–water partition coefficient (Wildman–Crippen LogP) is 3.31. The Hall–Kier alpha value is -2.44. The van der Waals surface area contributed by atoms with Gasteiger partial charge in [-0.3, -0.25) is 0 Å². The smallest absolute Gasteiger partial charge is 0.123 e. The molecule has 0 saturated carbocycles. The molecule has 0 saturated heterocycles. The summed E-state index contributed by atoms with van der Waals surface area (Å²) in [5.41, 5.74) is 4.97. The molecule has 0 spiro atoms. The van der Waals surface area contributed by atoms with Gasteiger partial charge < -0.3 is 10.4 Å². The molecule has 0 aliphatic rings. The predicted molar refractivity (Wildman–Crippen MR) is 73.9 cm³/mol. The number of hydrogen-bond donors (Lipinski definition) is 2. The molecule has 2 heteroatoms. The van der Waals surface area contributed by atoms with E-state index in [9.17, 15) is 5.11 Å². The minimum absolute atomic E-state index is 0.265. The first-order valence-corrected chi connectivity index (χ1v) is 5.82. The molecule has 0 amide bonds. The summed E-state index contributed by atoms with van der Waals surface area (Å²) < 4.78 is 0. The van der Waals surface area contributed by atoms with Crippen LogP contribution < -0.4 is 5.32 Å². The van der Waals surface area contributed by atoms with E-state index in [2.05, 4.69) is 23.2 Å². The number of rotatable bonds is 4. The first kappa shape index (κ1) is 12.0. The zero-order chi connectivity index (χ0) is 12.6. The number of aromatic hydroxyl groups is 1. The van der Waals surface area contributed by atoms with Gasteiger partial charge in [0, 0.05) is 18.3 Å². The van der Waals surface area contributed by atoms with Crippen molar-refractivity contribution in [2.45, 2.75) is 6.54 Å². The van der Waals surface area contributed by atoms with Crippen molar-refractivity contribution in [1.82, 2.24) is 5.32 Å². The van der Waals surface area contributed by atoms with Gasteiger partial charge in [0.15, 0.2) is 0 Å². The Balaban J connectivity index is 1.90. The van der Waals surface area contributed by atoms with E-state index in [1.165, 1.54) is 5.56 Å². The molecule has 0 unspecified atom stereocenters. The quantitative estimate of drug-likeness (QED) is 0.800. The van der Waals surface area contributed by atoms with Gasteiger partial charge in [-0.05, 0) is 17.7 Å². The molecule has 0 radical (unpaired) electrons. The third-order valence-corrected chi connectivity index (χ3v) is 2.51. The second-order valence-corrected chi connectivity index (χ2v) is 3.88. The Bertz CT molecular complexity index is 554. The molecule has 18 heavy (non-hydrogen) atoms. The van der Waals surface area contributed by atoms with Gasteiger partial charge in [0.1, 0.15) is 5.75 Å². The van der Waals surface area contributed by atoms with Crippen molar-refractivity contribution in [1.29, 1.82) is 0 Å². The standard InChI is InChI=1S/C16H15NO/c18-16-11-5-4-9-15(16)10-6-12-17-13-14-7-2-1-3-8-14/h1-5,7-12,17-18H,13H2. The van der Waals surface area contributed by atoms with Gasteiger partial charge in [0.2, 0.25) is 0 Å². The monoisotopic (exact) mass is 237 g/mol. The third-order valence-electron chi connectivity index (χ3n) is 2.51. The van der Waals surface area contributed by atoms with Crippen molar-refractivity contribution in [2.75, 3.05) is 0 Å². The second kappa shape index (κ2) is 6.33. The van der Waals surface area contributed by atoms with Gasteiger partial charge in [0.25, 0.3) is 0 Å². The summed E-state index contributed by atoms with van der Waals surface area (Å²) in [7, 11) is 0. The normalized spacial score (nSPS) is 9.33. The minimum Gasteiger partial charge on any atom is -0.507 e. The van der Waals surface area contributed by atoms with Crippen LogP contribution >= 0.6 is 0 Å². The number of phenols is 1. The van der Waals surface area contributed by atoms with E-state index in [0.717, 1.165) is 12.1 Å². The average molecular weight is 237 g/mol. The molecule has 0 bridgehead atoms. The first-order chi connectivity index (χ1) is 8.86. The number of nitrogens with one attached hydrogen (secondary N) is 1. The molecular weight excluding hydrogens is 222 g/mol. The maximum absolute atomic E-state index is 9.54. The topological polar surface area (TPSA) is 32.3 Å². The lowest BCUT2D eigenvalue weighted by molar-refractivity contribution is 0.474. The molecule has 0 fully saturated rings. The van der Waals surface area contributed by atoms with Crippen LogP contribution in [0.25, 0.3) is 6.08 Å². The van der Waals surface area contributed by atoms with Crippen molar-refractivity contribution < 1.29 is 5.11 Å². The highest BCUT2D eigenvalue weighted by atomic mass is 16.3. The van der Waals surface area contributed by atoms with Crippen LogP contribution in [0.2, 0.25) is 0 Å². The van der Waals surface area contributed by atoms with E-state index in [-0.39, 0.29) is 5.75 Å². The van der Waals surface area contributed by atoms with Crippen LogP contribution in [0.5, 0.6) is 5.75 Å². The molecule has 2 aromatic carbocycles. The highest BCUT2D eigenvalue weighted by Gasteiger charge is 1.91. The molecule has 0 atom stereocenters. The molecule has 2 nitrogen and oxygen atoms in total. The number of benzene rings is 2. The molecule has 90 valence electrons. The van der Waals surface area contributed by atoms with Gasteiger partial charge >= 0.3 is 0 Å². The van der Waals surface area contributed by atoms with Crippen LogP contribution in [0.4, 0.5) is 0 Å². The minimum atomic E-state index is 0.265. The largest absolute Gasteiger partial charge is 0.507 e. The molecule has 0 aromatic heterocycles. The average Bonchev–Trinajstić information content (AvgIpc) is 2.42. The van der Waals surface area contributed by atoms with Crippen LogP contribution in [0.3, 0.4) is 0 Å². The summed E-state index contributed by atoms with van der Waals surface area (Å²) in [4.78, 5) is 0. The molecule has 0 aliphatic carbocycles. The summed E-state index contributed by atoms with van der Waals surface area (Å²) in [5, 5.41) is 12.7. The highest BCUT2D eigenvalue weighted by Crippen LogP contribution is 2.16. The van der Waals surface area contributed by atoms with E-state index in [0.29, 0.717) is 0 Å². The van der Waals surface area contributed by atoms with Crippen molar-refractivity contribution in [2.24, 2.45) is 0 Å². The van der Waals surface area contributed by atoms with E-state index in [1.54, 1.807) is 24.4 Å². The molecule has 2 aromatic rings. The maximum Gasteiger partial charge on any atom is 0.123 e. The van der Waals surface area contributed by atoms with E-state index >= 15 is 0 Å². The summed E-state index contributed by atoms with van der Waals surface area (Å²) in [6.07, 6.45) is 3.49. The Morgan fingerprint density at radius 1 is 1.00 bits per heavy atom. The van der Waals surface area contributed by atoms with Crippen LogP contribution in [-0.4, -0.2) is 5.11 Å². The third kappa shape index (κ3) is 3.55. The van der Waals surface area contributed by atoms with Crippen LogP contribution in [0.15, 0.2) is 66.5 Å². The molecule has 0 heterocycles. The molecule has 2 N–H and O–H groups in total. The highest BCUT2D eigenvalue weighted by molar-refractivity contribution is 5.55. The molecular formula is C16H15NO.